The minimum atomic E-state index is 0.729. The Balaban J connectivity index is 1.73. The summed E-state index contributed by atoms with van der Waals surface area (Å²) in [5, 5.41) is 8.04. The summed E-state index contributed by atoms with van der Waals surface area (Å²) >= 11 is 0. The zero-order chi connectivity index (χ0) is 13.9. The third kappa shape index (κ3) is 2.85. The third-order valence-electron chi connectivity index (χ3n) is 3.88. The van der Waals surface area contributed by atoms with Crippen molar-refractivity contribution in [1.82, 2.24) is 15.1 Å². The summed E-state index contributed by atoms with van der Waals surface area (Å²) in [7, 11) is 1.71. The predicted octanol–water partition coefficient (Wildman–Crippen LogP) is 2.50. The van der Waals surface area contributed by atoms with Crippen LogP contribution < -0.4 is 10.1 Å². The van der Waals surface area contributed by atoms with Crippen LogP contribution in [0, 0.1) is 6.92 Å². The Kier molecular flexibility index (Phi) is 3.74. The topological polar surface area (TPSA) is 39.1 Å². The van der Waals surface area contributed by atoms with E-state index in [1.807, 2.05) is 29.1 Å². The average molecular weight is 271 g/mol. The van der Waals surface area contributed by atoms with E-state index in [2.05, 4.69) is 23.4 Å². The van der Waals surface area contributed by atoms with Gasteiger partial charge in [-0.25, -0.2) is 0 Å². The maximum Gasteiger partial charge on any atom is 0.123 e. The molecule has 1 aromatic carbocycles. The van der Waals surface area contributed by atoms with E-state index in [1.165, 1.54) is 24.1 Å². The molecule has 1 heterocycles. The maximum absolute atomic E-state index is 5.40. The highest BCUT2D eigenvalue weighted by atomic mass is 16.5. The molecule has 106 valence electrons. The van der Waals surface area contributed by atoms with Gasteiger partial charge in [-0.3, -0.25) is 4.68 Å². The van der Waals surface area contributed by atoms with E-state index in [4.69, 9.17) is 4.74 Å². The number of ether oxygens (including phenoxy) is 1. The quantitative estimate of drug-likeness (QED) is 0.877. The van der Waals surface area contributed by atoms with Crippen LogP contribution in [0.3, 0.4) is 0 Å². The molecule has 1 aliphatic carbocycles. The van der Waals surface area contributed by atoms with Gasteiger partial charge in [-0.15, -0.1) is 0 Å². The van der Waals surface area contributed by atoms with Crippen LogP contribution in [-0.4, -0.2) is 22.9 Å². The molecule has 1 saturated carbocycles. The van der Waals surface area contributed by atoms with Crippen molar-refractivity contribution in [1.29, 1.82) is 0 Å². The van der Waals surface area contributed by atoms with Crippen LogP contribution in [-0.2, 0) is 13.1 Å². The monoisotopic (exact) mass is 271 g/mol. The number of nitrogens with zero attached hydrogens (tertiary/aromatic N) is 2. The van der Waals surface area contributed by atoms with E-state index < -0.39 is 0 Å². The second-order valence-corrected chi connectivity index (χ2v) is 5.38. The van der Waals surface area contributed by atoms with E-state index in [9.17, 15) is 0 Å². The van der Waals surface area contributed by atoms with Crippen molar-refractivity contribution in [2.45, 2.75) is 38.9 Å². The lowest BCUT2D eigenvalue weighted by molar-refractivity contribution is 0.407. The lowest BCUT2D eigenvalue weighted by atomic mass is 10.2. The van der Waals surface area contributed by atoms with Crippen LogP contribution in [0.4, 0.5) is 0 Å². The van der Waals surface area contributed by atoms with E-state index in [-0.39, 0.29) is 0 Å². The minimum absolute atomic E-state index is 0.729. The summed E-state index contributed by atoms with van der Waals surface area (Å²) in [6.45, 7) is 3.80. The predicted molar refractivity (Wildman–Crippen MR) is 78.9 cm³/mol. The zero-order valence-electron chi connectivity index (χ0n) is 12.1. The SMILES string of the molecule is COc1ccccc1Cn1ncc(CNC2CC2)c1C. The first-order chi connectivity index (χ1) is 9.78. The van der Waals surface area contributed by atoms with Gasteiger partial charge in [0.05, 0.1) is 19.9 Å². The van der Waals surface area contributed by atoms with Gasteiger partial charge in [0.2, 0.25) is 0 Å². The number of benzene rings is 1. The van der Waals surface area contributed by atoms with E-state index in [0.717, 1.165) is 30.4 Å². The molecule has 0 unspecified atom stereocenters. The highest BCUT2D eigenvalue weighted by Gasteiger charge is 2.20. The van der Waals surface area contributed by atoms with Crippen LogP contribution in [0.15, 0.2) is 30.5 Å². The highest BCUT2D eigenvalue weighted by Crippen LogP contribution is 2.21. The second-order valence-electron chi connectivity index (χ2n) is 5.38. The molecule has 0 atom stereocenters. The summed E-state index contributed by atoms with van der Waals surface area (Å²) in [5.74, 6) is 0.917. The summed E-state index contributed by atoms with van der Waals surface area (Å²) in [6.07, 6.45) is 4.60. The molecule has 1 N–H and O–H groups in total. The van der Waals surface area contributed by atoms with Crippen molar-refractivity contribution in [3.8, 4) is 5.75 Å². The Bertz CT molecular complexity index is 587. The molecule has 0 spiro atoms. The highest BCUT2D eigenvalue weighted by molar-refractivity contribution is 5.33. The molecule has 0 aliphatic heterocycles. The molecule has 20 heavy (non-hydrogen) atoms. The van der Waals surface area contributed by atoms with Crippen molar-refractivity contribution in [2.75, 3.05) is 7.11 Å². The van der Waals surface area contributed by atoms with Gasteiger partial charge in [0.1, 0.15) is 5.75 Å². The molecule has 0 saturated heterocycles. The molecule has 3 rings (SSSR count). The Labute approximate surface area is 119 Å². The maximum atomic E-state index is 5.40. The molecular weight excluding hydrogens is 250 g/mol. The first kappa shape index (κ1) is 13.2. The van der Waals surface area contributed by atoms with Gasteiger partial charge in [0, 0.05) is 29.4 Å². The van der Waals surface area contributed by atoms with Gasteiger partial charge >= 0.3 is 0 Å². The van der Waals surface area contributed by atoms with Crippen LogP contribution in [0.5, 0.6) is 5.75 Å². The fraction of sp³-hybridized carbons (Fsp3) is 0.438. The van der Waals surface area contributed by atoms with Crippen molar-refractivity contribution < 1.29 is 4.74 Å². The lowest BCUT2D eigenvalue weighted by Gasteiger charge is -2.10. The fourth-order valence-electron chi connectivity index (χ4n) is 2.35. The standard InChI is InChI=1S/C16H21N3O/c1-12-14(9-17-15-7-8-15)10-18-19(12)11-13-5-3-4-6-16(13)20-2/h3-6,10,15,17H,7-9,11H2,1-2H3. The molecule has 2 aromatic rings. The Hall–Kier alpha value is -1.81. The molecule has 0 bridgehead atoms. The molecule has 4 nitrogen and oxygen atoms in total. The number of para-hydroxylation sites is 1. The smallest absolute Gasteiger partial charge is 0.123 e. The summed E-state index contributed by atoms with van der Waals surface area (Å²) in [6, 6.07) is 8.83. The lowest BCUT2D eigenvalue weighted by Crippen LogP contribution is -2.16. The van der Waals surface area contributed by atoms with Gasteiger partial charge in [0.15, 0.2) is 0 Å². The average Bonchev–Trinajstić information content (AvgIpc) is 3.24. The third-order valence-corrected chi connectivity index (χ3v) is 3.88. The normalized spacial score (nSPS) is 14.5. The molecule has 0 amide bonds. The van der Waals surface area contributed by atoms with Gasteiger partial charge in [-0.05, 0) is 25.8 Å². The number of hydrogen-bond acceptors (Lipinski definition) is 3. The molecule has 1 fully saturated rings. The Morgan fingerprint density at radius 3 is 2.85 bits per heavy atom. The van der Waals surface area contributed by atoms with E-state index in [0.29, 0.717) is 0 Å². The second kappa shape index (κ2) is 5.67. The number of aromatic nitrogens is 2. The summed E-state index contributed by atoms with van der Waals surface area (Å²) in [5.41, 5.74) is 3.67. The zero-order valence-corrected chi connectivity index (χ0v) is 12.1. The van der Waals surface area contributed by atoms with Gasteiger partial charge < -0.3 is 10.1 Å². The fourth-order valence-corrected chi connectivity index (χ4v) is 2.35. The van der Waals surface area contributed by atoms with Crippen LogP contribution in [0.2, 0.25) is 0 Å². The van der Waals surface area contributed by atoms with Crippen LogP contribution >= 0.6 is 0 Å². The van der Waals surface area contributed by atoms with E-state index in [1.54, 1.807) is 7.11 Å². The van der Waals surface area contributed by atoms with E-state index >= 15 is 0 Å². The summed E-state index contributed by atoms with van der Waals surface area (Å²) < 4.78 is 7.44. The van der Waals surface area contributed by atoms with Crippen LogP contribution in [0.25, 0.3) is 0 Å². The van der Waals surface area contributed by atoms with Crippen LogP contribution in [0.1, 0.15) is 29.7 Å². The summed E-state index contributed by atoms with van der Waals surface area (Å²) in [4.78, 5) is 0. The molecule has 1 aromatic heterocycles. The van der Waals surface area contributed by atoms with Gasteiger partial charge in [-0.1, -0.05) is 18.2 Å². The minimum Gasteiger partial charge on any atom is -0.496 e. The van der Waals surface area contributed by atoms with Crippen molar-refractivity contribution >= 4 is 0 Å². The van der Waals surface area contributed by atoms with Crippen molar-refractivity contribution in [2.24, 2.45) is 0 Å². The molecule has 4 heteroatoms. The number of nitrogens with one attached hydrogen (secondary N) is 1. The number of hydrogen-bond donors (Lipinski definition) is 1. The largest absolute Gasteiger partial charge is 0.496 e. The van der Waals surface area contributed by atoms with Gasteiger partial charge in [-0.2, -0.15) is 5.10 Å². The molecular formula is C16H21N3O. The Morgan fingerprint density at radius 1 is 1.30 bits per heavy atom. The first-order valence-corrected chi connectivity index (χ1v) is 7.14. The number of rotatable bonds is 6. The first-order valence-electron chi connectivity index (χ1n) is 7.14. The van der Waals surface area contributed by atoms with Crippen molar-refractivity contribution in [3.05, 3.63) is 47.3 Å². The Morgan fingerprint density at radius 2 is 2.10 bits per heavy atom. The van der Waals surface area contributed by atoms with Gasteiger partial charge in [0.25, 0.3) is 0 Å². The van der Waals surface area contributed by atoms with Crippen molar-refractivity contribution in [3.63, 3.8) is 0 Å². The molecule has 1 aliphatic rings. The number of methoxy groups -OCH3 is 1. The molecule has 0 radical (unpaired) electrons.